The fourth-order valence-electron chi connectivity index (χ4n) is 7.46. The maximum absolute atomic E-state index is 7.41. The van der Waals surface area contributed by atoms with E-state index >= 15 is 0 Å². The van der Waals surface area contributed by atoms with Crippen LogP contribution in [0.5, 0.6) is 46.0 Å². The second-order valence-electron chi connectivity index (χ2n) is 18.1. The Bertz CT molecular complexity index is 2940. The van der Waals surface area contributed by atoms with Crippen LogP contribution in [0.2, 0.25) is 0 Å². The van der Waals surface area contributed by atoms with Gasteiger partial charge in [0.1, 0.15) is 0 Å². The quantitative estimate of drug-likeness (QED) is 0.0802. The second-order valence-corrected chi connectivity index (χ2v) is 28.1. The molecule has 1 heterocycles. The molecule has 8 aromatic carbocycles. The molecule has 1 aliphatic heterocycles. The molecule has 374 valence electrons. The molecule has 9 rings (SSSR count). The van der Waals surface area contributed by atoms with Gasteiger partial charge in [0.15, 0.2) is 0 Å². The summed E-state index contributed by atoms with van der Waals surface area (Å²) in [6, 6.07) is 61.7. The zero-order valence-corrected chi connectivity index (χ0v) is 45.5. The van der Waals surface area contributed by atoms with Crippen molar-refractivity contribution in [2.75, 3.05) is 0 Å². The first kappa shape index (κ1) is 50.5. The molecule has 0 bridgehead atoms. The van der Waals surface area contributed by atoms with Crippen LogP contribution in [0.1, 0.15) is 44.5 Å². The van der Waals surface area contributed by atoms with Crippen molar-refractivity contribution in [3.05, 3.63) is 239 Å². The number of hydrogen-bond donors (Lipinski definition) is 3. The Morgan fingerprint density at radius 1 is 0.278 bits per heavy atom. The van der Waals surface area contributed by atoms with Crippen LogP contribution in [-0.4, -0.2) is 0 Å². The topological polar surface area (TPSA) is 122 Å². The van der Waals surface area contributed by atoms with Crippen molar-refractivity contribution >= 4 is 31.7 Å². The van der Waals surface area contributed by atoms with Gasteiger partial charge in [-0.1, -0.05) is 0 Å². The Labute approximate surface area is 425 Å². The Morgan fingerprint density at radius 2 is 0.500 bits per heavy atom. The van der Waals surface area contributed by atoms with E-state index in [2.05, 4.69) is 14.6 Å². The van der Waals surface area contributed by atoms with Gasteiger partial charge in [0.25, 0.3) is 0 Å². The minimum atomic E-state index is -4.70. The third-order valence-electron chi connectivity index (χ3n) is 11.4. The Morgan fingerprint density at radius 3 is 0.764 bits per heavy atom. The summed E-state index contributed by atoms with van der Waals surface area (Å²) in [5, 5.41) is 0. The molecule has 72 heavy (non-hydrogen) atoms. The van der Waals surface area contributed by atoms with Crippen molar-refractivity contribution in [1.29, 1.82) is 0 Å². The Kier molecular flexibility index (Phi) is 15.2. The van der Waals surface area contributed by atoms with Crippen molar-refractivity contribution in [2.24, 2.45) is 4.52 Å². The maximum atomic E-state index is 7.41. The number of nitrogens with zero attached hydrogens (tertiary/aromatic N) is 1. The van der Waals surface area contributed by atoms with Crippen LogP contribution < -0.4 is 50.8 Å². The van der Waals surface area contributed by atoms with Gasteiger partial charge in [0, 0.05) is 0 Å². The standard InChI is InChI=1S/C56H62N4O8P4/c1-41-9-25-49(26-10-41)61-69(62-50-27-11-42(2)12-28-50)57-70(63-51-29-13-43(3)14-30-51,64-52-31-15-44(4)16-32-52)59-72(67-55-37-21-47(7)22-38-55,68-56-39-23-48(8)24-40-56)60-71(58-69,65-53-33-17-45(5)18-34-53)66-54-35-19-46(6)20-36-54/h9-40,57-59,69-71H,1-8H3. The number of nitrogens with one attached hydrogen (secondary N) is 3. The van der Waals surface area contributed by atoms with Crippen LogP contribution in [-0.2, 0) is 0 Å². The van der Waals surface area contributed by atoms with Crippen molar-refractivity contribution in [2.45, 2.75) is 55.4 Å². The number of hydrogen-bond acceptors (Lipinski definition) is 12. The summed E-state index contributed by atoms with van der Waals surface area (Å²) in [6.07, 6.45) is 0. The van der Waals surface area contributed by atoms with Gasteiger partial charge in [-0.3, -0.25) is 0 Å². The van der Waals surface area contributed by atoms with Crippen LogP contribution in [0, 0.1) is 55.4 Å². The molecule has 16 heteroatoms. The van der Waals surface area contributed by atoms with Crippen molar-refractivity contribution in [1.82, 2.24) is 14.6 Å². The molecule has 0 unspecified atom stereocenters. The van der Waals surface area contributed by atoms with Crippen LogP contribution in [0.4, 0.5) is 0 Å². The monoisotopic (exact) mass is 1040 g/mol. The van der Waals surface area contributed by atoms with E-state index in [1.807, 2.05) is 250 Å². The summed E-state index contributed by atoms with van der Waals surface area (Å²) in [5.74, 6) is 3.64. The first-order valence-corrected chi connectivity index (χ1v) is 30.7. The van der Waals surface area contributed by atoms with Gasteiger partial charge in [0.2, 0.25) is 0 Å². The van der Waals surface area contributed by atoms with Gasteiger partial charge in [-0.2, -0.15) is 0 Å². The van der Waals surface area contributed by atoms with E-state index in [0.717, 1.165) is 44.5 Å². The van der Waals surface area contributed by atoms with E-state index in [4.69, 9.17) is 40.7 Å². The molecule has 3 N–H and O–H groups in total. The molecule has 0 amide bonds. The summed E-state index contributed by atoms with van der Waals surface area (Å²) < 4.78 is 64.9. The zero-order chi connectivity index (χ0) is 50.4. The van der Waals surface area contributed by atoms with Gasteiger partial charge in [-0.25, -0.2) is 0 Å². The number of aryl methyl sites for hydroxylation is 8. The van der Waals surface area contributed by atoms with E-state index in [0.29, 0.717) is 46.0 Å². The minimum absolute atomic E-state index is 0.440. The van der Waals surface area contributed by atoms with Crippen LogP contribution in [0.15, 0.2) is 199 Å². The molecule has 0 fully saturated rings. The SMILES string of the molecule is Cc1ccc(OP2(Oc3ccc(C)cc3)=N[PH](Oc3ccc(C)cc3)(Oc3ccc(C)cc3)N[PH](Oc3ccc(C)cc3)(Oc3ccc(C)cc3)N[PH](Oc3ccc(C)cc3)(Oc3ccc(C)cc3)N2)cc1. The summed E-state index contributed by atoms with van der Waals surface area (Å²) in [6.45, 7) is 16.1. The van der Waals surface area contributed by atoms with Crippen molar-refractivity contribution < 1.29 is 36.2 Å². The van der Waals surface area contributed by atoms with E-state index in [1.165, 1.54) is 0 Å². The average molecular weight is 1040 g/mol. The molecule has 0 atom stereocenters. The first-order chi connectivity index (χ1) is 34.6. The number of rotatable bonds is 16. The Hall–Kier alpha value is -6.44. The summed E-state index contributed by atoms with van der Waals surface area (Å²) in [7, 11) is -18.1. The molecule has 0 spiro atoms. The van der Waals surface area contributed by atoms with Crippen molar-refractivity contribution in [3.63, 3.8) is 0 Å². The summed E-state index contributed by atoms with van der Waals surface area (Å²) >= 11 is 0. The average Bonchev–Trinajstić information content (AvgIpc) is 3.34. The molecular weight excluding hydrogens is 981 g/mol. The molecule has 0 radical (unpaired) electrons. The molecule has 0 aliphatic carbocycles. The van der Waals surface area contributed by atoms with E-state index in [-0.39, 0.29) is 0 Å². The number of benzene rings is 8. The van der Waals surface area contributed by atoms with Gasteiger partial charge >= 0.3 is 427 Å². The molecule has 0 aromatic heterocycles. The molecule has 12 nitrogen and oxygen atoms in total. The van der Waals surface area contributed by atoms with Gasteiger partial charge in [-0.15, -0.1) is 0 Å². The molecule has 8 aromatic rings. The zero-order valence-electron chi connectivity index (χ0n) is 41.6. The second kappa shape index (κ2) is 21.7. The fourth-order valence-corrected chi connectivity index (χ4v) is 23.3. The first-order valence-electron chi connectivity index (χ1n) is 23.7. The summed E-state index contributed by atoms with van der Waals surface area (Å²) in [5.41, 5.74) is 8.25. The van der Waals surface area contributed by atoms with E-state index in [9.17, 15) is 0 Å². The molecule has 0 saturated carbocycles. The van der Waals surface area contributed by atoms with E-state index < -0.39 is 31.7 Å². The van der Waals surface area contributed by atoms with E-state index in [1.54, 1.807) is 0 Å². The third-order valence-corrected chi connectivity index (χ3v) is 25.0. The molecule has 1 aliphatic rings. The predicted molar refractivity (Wildman–Crippen MR) is 298 cm³/mol. The van der Waals surface area contributed by atoms with Crippen molar-refractivity contribution in [3.8, 4) is 46.0 Å². The van der Waals surface area contributed by atoms with Crippen LogP contribution in [0.25, 0.3) is 0 Å². The normalized spacial score (nSPS) is 16.7. The third kappa shape index (κ3) is 13.1. The van der Waals surface area contributed by atoms with Gasteiger partial charge in [0.05, 0.1) is 0 Å². The molecular formula is C56H62N4O8P4. The Balaban J connectivity index is 1.42. The molecule has 0 saturated heterocycles. The van der Waals surface area contributed by atoms with Gasteiger partial charge < -0.3 is 0 Å². The van der Waals surface area contributed by atoms with Gasteiger partial charge in [-0.05, 0) is 0 Å². The van der Waals surface area contributed by atoms with Crippen LogP contribution in [0.3, 0.4) is 0 Å². The predicted octanol–water partition coefficient (Wildman–Crippen LogP) is 16.0. The fraction of sp³-hybridized carbons (Fsp3) is 0.143. The van der Waals surface area contributed by atoms with Crippen LogP contribution >= 0.6 is 31.7 Å². The summed E-state index contributed by atoms with van der Waals surface area (Å²) in [4.78, 5) is 11.5.